The van der Waals surface area contributed by atoms with Gasteiger partial charge >= 0.3 is 5.97 Å². The third-order valence-corrected chi connectivity index (χ3v) is 8.30. The van der Waals surface area contributed by atoms with Gasteiger partial charge in [0, 0.05) is 5.56 Å². The Morgan fingerprint density at radius 3 is 2.52 bits per heavy atom. The first-order chi connectivity index (χ1) is 20.4. The Morgan fingerprint density at radius 2 is 1.83 bits per heavy atom. The van der Waals surface area contributed by atoms with Gasteiger partial charge in [-0.1, -0.05) is 66.8 Å². The highest BCUT2D eigenvalue weighted by atomic mass is 79.9. The molecule has 5 rings (SSSR count). The van der Waals surface area contributed by atoms with Crippen molar-refractivity contribution in [3.63, 3.8) is 0 Å². The monoisotopic (exact) mass is 650 g/mol. The molecule has 3 aromatic carbocycles. The molecule has 0 N–H and O–H groups in total. The molecule has 2 heterocycles. The van der Waals surface area contributed by atoms with Crippen LogP contribution in [0.5, 0.6) is 11.5 Å². The van der Waals surface area contributed by atoms with Gasteiger partial charge in [0.25, 0.3) is 5.56 Å². The summed E-state index contributed by atoms with van der Waals surface area (Å²) in [5.41, 5.74) is 2.54. The van der Waals surface area contributed by atoms with E-state index in [1.54, 1.807) is 34.9 Å². The van der Waals surface area contributed by atoms with Crippen molar-refractivity contribution in [3.05, 3.63) is 125 Å². The zero-order valence-electron chi connectivity index (χ0n) is 23.2. The molecule has 1 aliphatic rings. The number of methoxy groups -OCH3 is 1. The predicted octanol–water partition coefficient (Wildman–Crippen LogP) is 5.68. The van der Waals surface area contributed by atoms with E-state index in [-0.39, 0.29) is 18.0 Å². The van der Waals surface area contributed by atoms with Gasteiger partial charge < -0.3 is 14.2 Å². The Kier molecular flexibility index (Phi) is 9.03. The van der Waals surface area contributed by atoms with Crippen LogP contribution in [0.15, 0.2) is 92.3 Å². The van der Waals surface area contributed by atoms with E-state index < -0.39 is 12.0 Å². The first-order valence-corrected chi connectivity index (χ1v) is 15.0. The zero-order valence-corrected chi connectivity index (χ0v) is 25.6. The molecule has 0 bridgehead atoms. The van der Waals surface area contributed by atoms with Crippen molar-refractivity contribution < 1.29 is 23.4 Å². The van der Waals surface area contributed by atoms with E-state index in [2.05, 4.69) is 15.9 Å². The van der Waals surface area contributed by atoms with E-state index in [0.717, 1.165) is 5.56 Å². The summed E-state index contributed by atoms with van der Waals surface area (Å²) in [4.78, 5) is 32.1. The molecular formula is C32H28BrFN2O5S. The van der Waals surface area contributed by atoms with E-state index in [9.17, 15) is 14.0 Å². The predicted molar refractivity (Wildman–Crippen MR) is 163 cm³/mol. The number of halogens is 2. The van der Waals surface area contributed by atoms with Crippen LogP contribution >= 0.6 is 27.3 Å². The minimum Gasteiger partial charge on any atom is -0.490 e. The smallest absolute Gasteiger partial charge is 0.338 e. The van der Waals surface area contributed by atoms with Crippen LogP contribution < -0.4 is 24.4 Å². The van der Waals surface area contributed by atoms with Crippen molar-refractivity contribution >= 4 is 39.3 Å². The summed E-state index contributed by atoms with van der Waals surface area (Å²) in [6.07, 6.45) is 2.26. The van der Waals surface area contributed by atoms with Crippen molar-refractivity contribution in [3.8, 4) is 11.5 Å². The Morgan fingerprint density at radius 1 is 1.10 bits per heavy atom. The SMILES string of the molecule is CCOc1cc(/C=c2\sc3n(c2=O)[C@@H](c2ccccc2)C(C(=O)OC)=C(CC)N=3)cc(Br)c1OCc1ccccc1F. The van der Waals surface area contributed by atoms with Gasteiger partial charge in [0.1, 0.15) is 12.4 Å². The van der Waals surface area contributed by atoms with Gasteiger partial charge in [0.2, 0.25) is 0 Å². The number of rotatable bonds is 9. The quantitative estimate of drug-likeness (QED) is 0.218. The lowest BCUT2D eigenvalue weighted by molar-refractivity contribution is -0.136. The summed E-state index contributed by atoms with van der Waals surface area (Å²) in [5, 5.41) is 0. The lowest BCUT2D eigenvalue weighted by atomic mass is 9.95. The fourth-order valence-corrected chi connectivity index (χ4v) is 6.40. The number of aromatic nitrogens is 1. The first-order valence-electron chi connectivity index (χ1n) is 13.4. The third-order valence-electron chi connectivity index (χ3n) is 6.72. The van der Waals surface area contributed by atoms with E-state index in [1.165, 1.54) is 24.5 Å². The molecule has 42 heavy (non-hydrogen) atoms. The molecule has 1 aromatic heterocycles. The molecule has 0 amide bonds. The van der Waals surface area contributed by atoms with E-state index >= 15 is 0 Å². The Labute approximate surface area is 254 Å². The molecule has 0 radical (unpaired) electrons. The summed E-state index contributed by atoms with van der Waals surface area (Å²) in [7, 11) is 1.33. The summed E-state index contributed by atoms with van der Waals surface area (Å²) in [6, 6.07) is 18.7. The van der Waals surface area contributed by atoms with E-state index in [1.807, 2.05) is 50.2 Å². The molecule has 0 aliphatic carbocycles. The van der Waals surface area contributed by atoms with Crippen LogP contribution in [0.25, 0.3) is 6.08 Å². The van der Waals surface area contributed by atoms with Crippen LogP contribution in [0.3, 0.4) is 0 Å². The highest BCUT2D eigenvalue weighted by molar-refractivity contribution is 9.10. The van der Waals surface area contributed by atoms with Crippen LogP contribution in [-0.2, 0) is 16.1 Å². The second-order valence-corrected chi connectivity index (χ2v) is 11.2. The molecule has 1 aliphatic heterocycles. The highest BCUT2D eigenvalue weighted by Crippen LogP contribution is 2.38. The number of nitrogens with zero attached hydrogens (tertiary/aromatic N) is 2. The highest BCUT2D eigenvalue weighted by Gasteiger charge is 2.33. The van der Waals surface area contributed by atoms with Gasteiger partial charge in [-0.05, 0) is 64.7 Å². The fraction of sp³-hybridized carbons (Fsp3) is 0.219. The van der Waals surface area contributed by atoms with Gasteiger partial charge in [0.05, 0.1) is 40.0 Å². The Hall–Kier alpha value is -4.02. The average Bonchev–Trinajstić information content (AvgIpc) is 3.30. The third kappa shape index (κ3) is 5.82. The number of hydrogen-bond donors (Lipinski definition) is 0. The fourth-order valence-electron chi connectivity index (χ4n) is 4.81. The topological polar surface area (TPSA) is 79.1 Å². The van der Waals surface area contributed by atoms with Crippen LogP contribution in [0.1, 0.15) is 43.0 Å². The van der Waals surface area contributed by atoms with Crippen molar-refractivity contribution in [2.45, 2.75) is 32.9 Å². The molecule has 10 heteroatoms. The number of fused-ring (bicyclic) bond motifs is 1. The van der Waals surface area contributed by atoms with Crippen molar-refractivity contribution in [2.75, 3.05) is 13.7 Å². The van der Waals surface area contributed by atoms with Gasteiger partial charge in [0.15, 0.2) is 16.3 Å². The molecule has 0 fully saturated rings. The van der Waals surface area contributed by atoms with Crippen LogP contribution in [0.4, 0.5) is 4.39 Å². The molecule has 0 spiro atoms. The van der Waals surface area contributed by atoms with Crippen molar-refractivity contribution in [2.24, 2.45) is 4.99 Å². The largest absolute Gasteiger partial charge is 0.490 e. The van der Waals surface area contributed by atoms with Gasteiger partial charge in [-0.2, -0.15) is 0 Å². The Balaban J connectivity index is 1.60. The molecule has 0 unspecified atom stereocenters. The van der Waals surface area contributed by atoms with Crippen molar-refractivity contribution in [1.29, 1.82) is 0 Å². The van der Waals surface area contributed by atoms with E-state index in [4.69, 9.17) is 19.2 Å². The molecule has 0 saturated heterocycles. The van der Waals surface area contributed by atoms with Crippen LogP contribution in [-0.4, -0.2) is 24.3 Å². The standard InChI is InChI=1S/C32H28BrFN2O5S/c1-4-24-27(31(38)39-3)28(20-11-7-6-8-12-20)36-30(37)26(42-32(36)35-24)17-19-15-22(33)29(25(16-19)40-5-2)41-18-21-13-9-10-14-23(21)34/h6-17,28H,4-5,18H2,1-3H3/b26-17-/t28-/m0/s1. The normalized spacial score (nSPS) is 14.8. The minimum absolute atomic E-state index is 0.0189. The number of carbonyl (C=O) groups is 1. The molecular weight excluding hydrogens is 623 g/mol. The first kappa shape index (κ1) is 29.5. The molecule has 7 nitrogen and oxygen atoms in total. The molecule has 4 aromatic rings. The maximum Gasteiger partial charge on any atom is 0.338 e. The molecule has 1 atom stereocenters. The lowest BCUT2D eigenvalue weighted by Gasteiger charge is -2.25. The number of allylic oxidation sites excluding steroid dienone is 1. The summed E-state index contributed by atoms with van der Waals surface area (Å²) in [5.74, 6) is 0.00714. The number of esters is 1. The zero-order chi connectivity index (χ0) is 29.8. The Bertz CT molecular complexity index is 1850. The maximum absolute atomic E-state index is 14.2. The molecule has 0 saturated carbocycles. The van der Waals surface area contributed by atoms with Gasteiger partial charge in [-0.15, -0.1) is 0 Å². The summed E-state index contributed by atoms with van der Waals surface area (Å²) >= 11 is 4.81. The van der Waals surface area contributed by atoms with Gasteiger partial charge in [-0.3, -0.25) is 9.36 Å². The average molecular weight is 652 g/mol. The number of thiazole rings is 1. The second kappa shape index (κ2) is 12.9. The van der Waals surface area contributed by atoms with Gasteiger partial charge in [-0.25, -0.2) is 14.2 Å². The number of hydrogen-bond acceptors (Lipinski definition) is 7. The summed E-state index contributed by atoms with van der Waals surface area (Å²) in [6.45, 7) is 4.17. The maximum atomic E-state index is 14.2. The van der Waals surface area contributed by atoms with Crippen LogP contribution in [0.2, 0.25) is 0 Å². The second-order valence-electron chi connectivity index (χ2n) is 9.34. The lowest BCUT2D eigenvalue weighted by Crippen LogP contribution is -2.40. The molecule has 216 valence electrons. The van der Waals surface area contributed by atoms with Crippen LogP contribution in [0, 0.1) is 5.82 Å². The minimum atomic E-state index is -0.674. The number of ether oxygens (including phenoxy) is 3. The van der Waals surface area contributed by atoms with E-state index in [0.29, 0.717) is 60.7 Å². The van der Waals surface area contributed by atoms with Crippen molar-refractivity contribution in [1.82, 2.24) is 4.57 Å². The number of carbonyl (C=O) groups excluding carboxylic acids is 1. The summed E-state index contributed by atoms with van der Waals surface area (Å²) < 4.78 is 33.7. The number of benzene rings is 3.